The molecule has 14 rings (SSSR count). The molecule has 2 aromatic heterocycles. The van der Waals surface area contributed by atoms with E-state index >= 15 is 0 Å². The van der Waals surface area contributed by atoms with Crippen molar-refractivity contribution in [2.24, 2.45) is 7.05 Å². The molecule has 12 aromatic rings. The minimum atomic E-state index is -0.137. The monoisotopic (exact) mass is 934 g/mol. The van der Waals surface area contributed by atoms with E-state index in [2.05, 4.69) is 246 Å². The van der Waals surface area contributed by atoms with Gasteiger partial charge < -0.3 is 9.47 Å². The van der Waals surface area contributed by atoms with Crippen molar-refractivity contribution in [2.45, 2.75) is 59.3 Å². The molecule has 0 spiro atoms. The molecule has 0 fully saturated rings. The molecular weight excluding hydrogens is 877 g/mol. The van der Waals surface area contributed by atoms with Crippen LogP contribution < -0.4 is 4.90 Å². The third-order valence-electron chi connectivity index (χ3n) is 15.4. The standard InChI is InChI=1S/C45H34N2S.C16H16.C7H8/c1-27-20-22-32-35(24-27)45(2,3)36-26-40(29-12-5-6-14-31(29)43(32)36)47(39-17-11-19-42-44(39)33-15-8-10-18-41(33)48-42)28-21-23-38-34(25-28)30-13-7-9-16-37(30)46(38)4;1-3-12-13-6-4-5-7-14(13)16-10-11(2)8-9-15(12)16;1-7-5-3-2-4-6-7/h5-26H,1-4H3;4-10,12H,3H2,1-2H3;2-6H,1H3. The van der Waals surface area contributed by atoms with Crippen molar-refractivity contribution < 1.29 is 0 Å². The Morgan fingerprint density at radius 1 is 0.465 bits per heavy atom. The zero-order valence-corrected chi connectivity index (χ0v) is 42.5. The second-order valence-electron chi connectivity index (χ2n) is 20.2. The molecule has 346 valence electrons. The molecule has 2 aliphatic carbocycles. The molecule has 1 unspecified atom stereocenters. The third kappa shape index (κ3) is 7.37. The second-order valence-corrected chi connectivity index (χ2v) is 21.3. The molecule has 71 heavy (non-hydrogen) atoms. The van der Waals surface area contributed by atoms with Gasteiger partial charge in [-0.2, -0.15) is 0 Å². The number of fused-ring (bicyclic) bond motifs is 14. The quantitative estimate of drug-likeness (QED) is 0.171. The normalized spacial score (nSPS) is 13.9. The third-order valence-corrected chi connectivity index (χ3v) is 16.5. The fraction of sp³-hybridized carbons (Fsp3) is 0.147. The van der Waals surface area contributed by atoms with Crippen molar-refractivity contribution in [3.05, 3.63) is 245 Å². The first kappa shape index (κ1) is 44.5. The highest BCUT2D eigenvalue weighted by atomic mass is 32.1. The van der Waals surface area contributed by atoms with Crippen LogP contribution in [0.2, 0.25) is 0 Å². The number of aryl methyl sites for hydroxylation is 4. The summed E-state index contributed by atoms with van der Waals surface area (Å²) >= 11 is 1.88. The SMILES string of the molecule is CCC1c2ccccc2-c2cc(C)ccc21.Cc1ccc2c(c1)C(C)(C)c1cc(N(c3ccc4c(c3)c3ccccc3n4C)c3cccc4sc5ccccc5c34)c3ccccc3c1-2.Cc1ccccc1. The van der Waals surface area contributed by atoms with Gasteiger partial charge in [-0.3, -0.25) is 0 Å². The summed E-state index contributed by atoms with van der Waals surface area (Å²) in [6, 6.07) is 76.0. The van der Waals surface area contributed by atoms with Gasteiger partial charge in [-0.05, 0) is 126 Å². The molecule has 0 N–H and O–H groups in total. The van der Waals surface area contributed by atoms with Crippen LogP contribution in [0.1, 0.15) is 72.1 Å². The highest BCUT2D eigenvalue weighted by Crippen LogP contribution is 2.56. The van der Waals surface area contributed by atoms with Crippen LogP contribution in [0.3, 0.4) is 0 Å². The Morgan fingerprint density at radius 3 is 1.90 bits per heavy atom. The Kier molecular flexibility index (Phi) is 11.0. The van der Waals surface area contributed by atoms with Crippen molar-refractivity contribution in [2.75, 3.05) is 4.90 Å². The molecule has 0 aliphatic heterocycles. The Labute approximate surface area is 422 Å². The number of anilines is 3. The summed E-state index contributed by atoms with van der Waals surface area (Å²) in [6.07, 6.45) is 1.19. The van der Waals surface area contributed by atoms with E-state index < -0.39 is 0 Å². The van der Waals surface area contributed by atoms with Crippen molar-refractivity contribution in [3.8, 4) is 22.3 Å². The molecular formula is C68H58N2S. The van der Waals surface area contributed by atoms with Gasteiger partial charge in [0.2, 0.25) is 0 Å². The van der Waals surface area contributed by atoms with E-state index in [9.17, 15) is 0 Å². The van der Waals surface area contributed by atoms with Crippen molar-refractivity contribution in [1.82, 2.24) is 4.57 Å². The maximum atomic E-state index is 2.55. The molecule has 0 saturated heterocycles. The maximum absolute atomic E-state index is 2.55. The van der Waals surface area contributed by atoms with E-state index in [1.54, 1.807) is 0 Å². The lowest BCUT2D eigenvalue weighted by atomic mass is 9.81. The van der Waals surface area contributed by atoms with E-state index in [0.717, 1.165) is 5.69 Å². The van der Waals surface area contributed by atoms with Crippen molar-refractivity contribution >= 4 is 81.1 Å². The molecule has 2 aliphatic rings. The molecule has 0 amide bonds. The molecule has 3 heteroatoms. The van der Waals surface area contributed by atoms with Gasteiger partial charge in [-0.1, -0.05) is 195 Å². The number of aromatic nitrogens is 1. The summed E-state index contributed by atoms with van der Waals surface area (Å²) in [5, 5.41) is 7.72. The van der Waals surface area contributed by atoms with Gasteiger partial charge in [-0.15, -0.1) is 11.3 Å². The highest BCUT2D eigenvalue weighted by Gasteiger charge is 2.38. The average Bonchev–Trinajstić information content (AvgIpc) is 4.09. The van der Waals surface area contributed by atoms with Crippen LogP contribution in [0.5, 0.6) is 0 Å². The van der Waals surface area contributed by atoms with Crippen LogP contribution in [-0.2, 0) is 12.5 Å². The Balaban J connectivity index is 0.000000184. The summed E-state index contributed by atoms with van der Waals surface area (Å²) in [6.45, 7) is 13.5. The van der Waals surface area contributed by atoms with Crippen molar-refractivity contribution in [1.29, 1.82) is 0 Å². The van der Waals surface area contributed by atoms with E-state index in [0.29, 0.717) is 5.92 Å². The fourth-order valence-electron chi connectivity index (χ4n) is 11.9. The first-order chi connectivity index (χ1) is 34.6. The van der Waals surface area contributed by atoms with E-state index in [-0.39, 0.29) is 5.41 Å². The van der Waals surface area contributed by atoms with Gasteiger partial charge in [0.05, 0.1) is 11.4 Å². The van der Waals surface area contributed by atoms with E-state index in [1.807, 2.05) is 29.5 Å². The summed E-state index contributed by atoms with van der Waals surface area (Å²) in [4.78, 5) is 2.55. The van der Waals surface area contributed by atoms with Gasteiger partial charge >= 0.3 is 0 Å². The van der Waals surface area contributed by atoms with Gasteiger partial charge in [0, 0.05) is 71.4 Å². The van der Waals surface area contributed by atoms with Crippen LogP contribution >= 0.6 is 11.3 Å². The highest BCUT2D eigenvalue weighted by molar-refractivity contribution is 7.26. The predicted octanol–water partition coefficient (Wildman–Crippen LogP) is 19.4. The summed E-state index contributed by atoms with van der Waals surface area (Å²) in [7, 11) is 2.18. The predicted molar refractivity (Wildman–Crippen MR) is 308 cm³/mol. The lowest BCUT2D eigenvalue weighted by molar-refractivity contribution is 0.660. The first-order valence-electron chi connectivity index (χ1n) is 25.2. The Hall–Kier alpha value is -7.72. The lowest BCUT2D eigenvalue weighted by Crippen LogP contribution is -2.17. The first-order valence-corrected chi connectivity index (χ1v) is 26.0. The zero-order valence-electron chi connectivity index (χ0n) is 41.7. The Morgan fingerprint density at radius 2 is 1.11 bits per heavy atom. The summed E-state index contributed by atoms with van der Waals surface area (Å²) < 4.78 is 4.94. The van der Waals surface area contributed by atoms with Crippen LogP contribution in [0.25, 0.3) is 75.0 Å². The topological polar surface area (TPSA) is 8.17 Å². The molecule has 2 heterocycles. The lowest BCUT2D eigenvalue weighted by Gasteiger charge is -2.30. The second kappa shape index (κ2) is 17.6. The number of nitrogens with zero attached hydrogens (tertiary/aromatic N) is 2. The van der Waals surface area contributed by atoms with Gasteiger partial charge in [0.25, 0.3) is 0 Å². The number of hydrogen-bond acceptors (Lipinski definition) is 2. The molecule has 10 aromatic carbocycles. The molecule has 0 saturated carbocycles. The van der Waals surface area contributed by atoms with Gasteiger partial charge in [-0.25, -0.2) is 0 Å². The molecule has 0 bridgehead atoms. The largest absolute Gasteiger partial charge is 0.344 e. The number of rotatable bonds is 4. The minimum Gasteiger partial charge on any atom is -0.344 e. The number of benzene rings is 10. The van der Waals surface area contributed by atoms with E-state index in [1.165, 1.54) is 132 Å². The van der Waals surface area contributed by atoms with Gasteiger partial charge in [0.15, 0.2) is 0 Å². The minimum absolute atomic E-state index is 0.137. The average molecular weight is 935 g/mol. The van der Waals surface area contributed by atoms with Crippen LogP contribution in [0.4, 0.5) is 17.1 Å². The molecule has 2 nitrogen and oxygen atoms in total. The Bertz CT molecular complexity index is 4020. The van der Waals surface area contributed by atoms with Crippen molar-refractivity contribution in [3.63, 3.8) is 0 Å². The zero-order chi connectivity index (χ0) is 48.5. The number of thiophene rings is 1. The van der Waals surface area contributed by atoms with Gasteiger partial charge in [0.1, 0.15) is 0 Å². The number of para-hydroxylation sites is 1. The van der Waals surface area contributed by atoms with E-state index in [4.69, 9.17) is 0 Å². The number of hydrogen-bond donors (Lipinski definition) is 0. The molecule has 0 radical (unpaired) electrons. The summed E-state index contributed by atoms with van der Waals surface area (Å²) in [5.74, 6) is 0.604. The summed E-state index contributed by atoms with van der Waals surface area (Å²) in [5.41, 5.74) is 21.3. The smallest absolute Gasteiger partial charge is 0.0555 e. The van der Waals surface area contributed by atoms with Crippen LogP contribution in [0, 0.1) is 20.8 Å². The maximum Gasteiger partial charge on any atom is 0.0555 e. The van der Waals surface area contributed by atoms with Crippen LogP contribution in [0.15, 0.2) is 206 Å². The molecule has 1 atom stereocenters. The fourth-order valence-corrected chi connectivity index (χ4v) is 13.0. The van der Waals surface area contributed by atoms with Crippen LogP contribution in [-0.4, -0.2) is 4.57 Å².